The number of aromatic hydroxyl groups is 1. The first kappa shape index (κ1) is 22.2. The number of phenolic OH excluding ortho intramolecular Hbond substituents is 1. The van der Waals surface area contributed by atoms with Gasteiger partial charge in [-0.05, 0) is 41.8 Å². The van der Waals surface area contributed by atoms with Gasteiger partial charge in [0.05, 0.1) is 11.8 Å². The minimum Gasteiger partial charge on any atom is -0.505 e. The molecule has 0 spiro atoms. The van der Waals surface area contributed by atoms with E-state index in [0.29, 0.717) is 22.1 Å². The topological polar surface area (TPSA) is 167 Å². The Labute approximate surface area is 204 Å². The molecule has 0 saturated heterocycles. The molecule has 0 aliphatic rings. The zero-order chi connectivity index (χ0) is 25.1. The highest BCUT2D eigenvalue weighted by Gasteiger charge is 2.20. The molecule has 0 aliphatic heterocycles. The van der Waals surface area contributed by atoms with Crippen molar-refractivity contribution in [1.29, 1.82) is 5.26 Å². The van der Waals surface area contributed by atoms with E-state index < -0.39 is 5.91 Å². The van der Waals surface area contributed by atoms with Crippen LogP contribution in [0.3, 0.4) is 0 Å². The summed E-state index contributed by atoms with van der Waals surface area (Å²) in [6.07, 6.45) is 4.37. The molecule has 1 amide bonds. The number of phenols is 1. The number of aromatic nitrogens is 4. The van der Waals surface area contributed by atoms with Crippen LogP contribution >= 0.6 is 0 Å². The Morgan fingerprint density at radius 3 is 2.56 bits per heavy atom. The molecule has 0 aliphatic carbocycles. The largest absolute Gasteiger partial charge is 0.505 e. The van der Waals surface area contributed by atoms with Gasteiger partial charge in [0.1, 0.15) is 17.3 Å². The van der Waals surface area contributed by atoms with Crippen LogP contribution < -0.4 is 11.1 Å². The minimum absolute atomic E-state index is 0.000109. The first-order valence-electron chi connectivity index (χ1n) is 10.6. The summed E-state index contributed by atoms with van der Waals surface area (Å²) in [5.74, 6) is -0.645. The number of nitrogen functional groups attached to an aromatic ring is 1. The number of benzene rings is 3. The summed E-state index contributed by atoms with van der Waals surface area (Å²) in [6, 6.07) is 18.9. The molecule has 11 heteroatoms. The number of nitrogens with zero attached hydrogens (tertiary/aromatic N) is 7. The van der Waals surface area contributed by atoms with Crippen molar-refractivity contribution < 1.29 is 9.90 Å². The Morgan fingerprint density at radius 2 is 1.81 bits per heavy atom. The fourth-order valence-corrected chi connectivity index (χ4v) is 3.52. The number of anilines is 2. The smallest absolute Gasteiger partial charge is 0.259 e. The van der Waals surface area contributed by atoms with E-state index in [0.717, 1.165) is 0 Å². The molecule has 0 fully saturated rings. The van der Waals surface area contributed by atoms with Crippen LogP contribution in [0.5, 0.6) is 5.75 Å². The van der Waals surface area contributed by atoms with E-state index in [-0.39, 0.29) is 34.3 Å². The average Bonchev–Trinajstić information content (AvgIpc) is 3.32. The summed E-state index contributed by atoms with van der Waals surface area (Å²) in [5, 5.41) is 37.1. The monoisotopic (exact) mass is 475 g/mol. The molecule has 36 heavy (non-hydrogen) atoms. The van der Waals surface area contributed by atoms with E-state index >= 15 is 0 Å². The molecule has 0 radical (unpaired) electrons. The summed E-state index contributed by atoms with van der Waals surface area (Å²) in [7, 11) is 0. The van der Waals surface area contributed by atoms with Crippen molar-refractivity contribution in [2.45, 2.75) is 0 Å². The zero-order valence-corrected chi connectivity index (χ0v) is 18.6. The van der Waals surface area contributed by atoms with Gasteiger partial charge in [-0.15, -0.1) is 10.2 Å². The van der Waals surface area contributed by atoms with Crippen molar-refractivity contribution in [3.8, 4) is 17.8 Å². The molecule has 2 heterocycles. The predicted molar refractivity (Wildman–Crippen MR) is 132 cm³/mol. The van der Waals surface area contributed by atoms with Crippen LogP contribution in [0.4, 0.5) is 22.9 Å². The number of carbonyl (C=O) groups excluding carboxylic acids is 1. The van der Waals surface area contributed by atoms with Gasteiger partial charge < -0.3 is 16.2 Å². The maximum atomic E-state index is 13.0. The van der Waals surface area contributed by atoms with Gasteiger partial charge in [-0.3, -0.25) is 4.79 Å². The first-order valence-corrected chi connectivity index (χ1v) is 10.6. The summed E-state index contributed by atoms with van der Waals surface area (Å²) in [5.41, 5.74) is 6.96. The lowest BCUT2D eigenvalue weighted by Crippen LogP contribution is -2.12. The molecule has 0 saturated carbocycles. The van der Waals surface area contributed by atoms with Gasteiger partial charge in [0, 0.05) is 29.2 Å². The quantitative estimate of drug-likeness (QED) is 0.246. The van der Waals surface area contributed by atoms with Gasteiger partial charge in [0.25, 0.3) is 11.9 Å². The number of azo groups is 1. The third-order valence-electron chi connectivity index (χ3n) is 5.26. The van der Waals surface area contributed by atoms with Crippen molar-refractivity contribution in [3.05, 3.63) is 90.4 Å². The molecule has 0 atom stereocenters. The fourth-order valence-electron chi connectivity index (χ4n) is 3.52. The van der Waals surface area contributed by atoms with Crippen LogP contribution in [0, 0.1) is 11.3 Å². The number of amides is 1. The van der Waals surface area contributed by atoms with Gasteiger partial charge in [0.2, 0.25) is 0 Å². The number of rotatable bonds is 5. The van der Waals surface area contributed by atoms with Crippen molar-refractivity contribution in [1.82, 2.24) is 19.7 Å². The number of carbonyl (C=O) groups is 1. The Hall–Kier alpha value is -5.63. The highest BCUT2D eigenvalue weighted by Crippen LogP contribution is 2.40. The van der Waals surface area contributed by atoms with E-state index in [4.69, 9.17) is 5.73 Å². The summed E-state index contributed by atoms with van der Waals surface area (Å²) in [6.45, 7) is 0. The molecule has 0 bridgehead atoms. The number of hydrogen-bond donors (Lipinski definition) is 3. The lowest BCUT2D eigenvalue weighted by Gasteiger charge is -2.11. The normalized spacial score (nSPS) is 11.0. The average molecular weight is 475 g/mol. The number of nitriles is 1. The molecule has 0 unspecified atom stereocenters. The van der Waals surface area contributed by atoms with Crippen LogP contribution in [0.25, 0.3) is 16.7 Å². The molecule has 3 aromatic carbocycles. The minimum atomic E-state index is -0.542. The van der Waals surface area contributed by atoms with Gasteiger partial charge in [-0.2, -0.15) is 15.0 Å². The fraction of sp³-hybridized carbons (Fsp3) is 0. The zero-order valence-electron chi connectivity index (χ0n) is 18.6. The van der Waals surface area contributed by atoms with Gasteiger partial charge in [-0.1, -0.05) is 24.3 Å². The number of hydrogen-bond acceptors (Lipinski definition) is 9. The molecule has 174 valence electrons. The highest BCUT2D eigenvalue weighted by atomic mass is 16.3. The first-order chi connectivity index (χ1) is 17.5. The van der Waals surface area contributed by atoms with E-state index in [9.17, 15) is 15.2 Å². The number of nitrogens with one attached hydrogen (secondary N) is 1. The molecule has 5 aromatic rings. The third kappa shape index (κ3) is 4.17. The highest BCUT2D eigenvalue weighted by molar-refractivity contribution is 6.11. The third-order valence-corrected chi connectivity index (χ3v) is 5.26. The maximum Gasteiger partial charge on any atom is 0.259 e. The molecular weight excluding hydrogens is 458 g/mol. The lowest BCUT2D eigenvalue weighted by atomic mass is 10.0. The van der Waals surface area contributed by atoms with E-state index in [2.05, 4.69) is 30.6 Å². The Morgan fingerprint density at radius 1 is 1.06 bits per heavy atom. The second kappa shape index (κ2) is 9.32. The standard InChI is InChI=1S/C25H17N9O2/c26-13-16-14-30-34(25-28-10-3-11-29-25)23(16)33-32-21-19-5-2-1-4-15(19)12-20(22(21)35)24(36)31-18-8-6-17(27)7-9-18/h1-12,14,35H,27H2,(H,31,36)/b33-32+. The maximum absolute atomic E-state index is 13.0. The molecule has 11 nitrogen and oxygen atoms in total. The van der Waals surface area contributed by atoms with Gasteiger partial charge >= 0.3 is 0 Å². The second-order valence-electron chi connectivity index (χ2n) is 7.57. The molecule has 4 N–H and O–H groups in total. The second-order valence-corrected chi connectivity index (χ2v) is 7.57. The number of fused-ring (bicyclic) bond motifs is 1. The Balaban J connectivity index is 1.60. The van der Waals surface area contributed by atoms with Crippen LogP contribution in [-0.2, 0) is 0 Å². The van der Waals surface area contributed by atoms with Gasteiger partial charge in [-0.25, -0.2) is 9.97 Å². The molecular formula is C25H17N9O2. The Bertz CT molecular complexity index is 1650. The van der Waals surface area contributed by atoms with E-state index in [1.54, 1.807) is 60.7 Å². The summed E-state index contributed by atoms with van der Waals surface area (Å²) < 4.78 is 1.26. The SMILES string of the molecule is N#Cc1cnn(-c2ncccn2)c1/N=N/c1c(O)c(C(=O)Nc2ccc(N)cc2)cc2ccccc12. The van der Waals surface area contributed by atoms with E-state index in [1.165, 1.54) is 23.3 Å². The van der Waals surface area contributed by atoms with Crippen molar-refractivity contribution in [3.63, 3.8) is 0 Å². The molecule has 5 rings (SSSR count). The van der Waals surface area contributed by atoms with Crippen LogP contribution in [0.1, 0.15) is 15.9 Å². The summed E-state index contributed by atoms with van der Waals surface area (Å²) >= 11 is 0. The number of nitrogens with two attached hydrogens (primary N) is 1. The lowest BCUT2D eigenvalue weighted by molar-refractivity contribution is 0.102. The van der Waals surface area contributed by atoms with E-state index in [1.807, 2.05) is 6.07 Å². The van der Waals surface area contributed by atoms with Crippen molar-refractivity contribution in [2.24, 2.45) is 10.2 Å². The molecule has 2 aromatic heterocycles. The van der Waals surface area contributed by atoms with Crippen LogP contribution in [-0.4, -0.2) is 30.8 Å². The van der Waals surface area contributed by atoms with Crippen molar-refractivity contribution >= 4 is 39.6 Å². The predicted octanol–water partition coefficient (Wildman–Crippen LogP) is 4.64. The van der Waals surface area contributed by atoms with Crippen LogP contribution in [0.15, 0.2) is 89.5 Å². The van der Waals surface area contributed by atoms with Crippen LogP contribution in [0.2, 0.25) is 0 Å². The summed E-state index contributed by atoms with van der Waals surface area (Å²) in [4.78, 5) is 21.3. The Kier molecular flexibility index (Phi) is 5.74. The van der Waals surface area contributed by atoms with Crippen molar-refractivity contribution in [2.75, 3.05) is 11.1 Å². The van der Waals surface area contributed by atoms with Gasteiger partial charge in [0.15, 0.2) is 11.6 Å².